The first-order valence-electron chi connectivity index (χ1n) is 13.9. The van der Waals surface area contributed by atoms with Crippen LogP contribution in [0.5, 0.6) is 0 Å². The first-order chi connectivity index (χ1) is 18.5. The number of likely N-dealkylation sites (tertiary alicyclic amines) is 1. The van der Waals surface area contributed by atoms with Crippen LogP contribution in [-0.2, 0) is 11.3 Å². The van der Waals surface area contributed by atoms with E-state index in [1.165, 1.54) is 31.1 Å². The second kappa shape index (κ2) is 11.9. The van der Waals surface area contributed by atoms with Crippen molar-refractivity contribution in [3.8, 4) is 0 Å². The van der Waals surface area contributed by atoms with Crippen molar-refractivity contribution in [2.45, 2.75) is 77.4 Å². The number of pyridine rings is 1. The molecule has 1 saturated carbocycles. The Morgan fingerprint density at radius 1 is 0.921 bits per heavy atom. The number of furan rings is 1. The van der Waals surface area contributed by atoms with E-state index in [9.17, 15) is 9.59 Å². The van der Waals surface area contributed by atoms with Crippen LogP contribution in [0.4, 0.5) is 11.5 Å². The minimum atomic E-state index is -0.153. The van der Waals surface area contributed by atoms with E-state index in [-0.39, 0.29) is 23.9 Å². The number of anilines is 2. The van der Waals surface area contributed by atoms with Gasteiger partial charge in [0.05, 0.1) is 6.26 Å². The maximum atomic E-state index is 13.4. The fourth-order valence-corrected chi connectivity index (χ4v) is 6.00. The van der Waals surface area contributed by atoms with Gasteiger partial charge in [0, 0.05) is 50.5 Å². The number of piperidine rings is 1. The van der Waals surface area contributed by atoms with Gasteiger partial charge in [-0.1, -0.05) is 43.5 Å². The Balaban J connectivity index is 1.30. The predicted octanol–water partition coefficient (Wildman–Crippen LogP) is 5.98. The summed E-state index contributed by atoms with van der Waals surface area (Å²) in [5.74, 6) is 0.960. The van der Waals surface area contributed by atoms with Gasteiger partial charge in [0.25, 0.3) is 5.91 Å². The molecule has 2 fully saturated rings. The highest BCUT2D eigenvalue weighted by molar-refractivity contribution is 6.04. The number of hydrogen-bond acceptors (Lipinski definition) is 5. The van der Waals surface area contributed by atoms with Gasteiger partial charge in [-0.3, -0.25) is 19.4 Å². The molecule has 200 valence electrons. The molecule has 0 bridgehead atoms. The lowest BCUT2D eigenvalue weighted by Gasteiger charge is -2.39. The maximum absolute atomic E-state index is 13.4. The van der Waals surface area contributed by atoms with Gasteiger partial charge in [-0.25, -0.2) is 4.98 Å². The largest absolute Gasteiger partial charge is 0.459 e. The van der Waals surface area contributed by atoms with E-state index in [1.54, 1.807) is 25.3 Å². The first kappa shape index (κ1) is 26.2. The number of hydrogen-bond donors (Lipinski definition) is 0. The summed E-state index contributed by atoms with van der Waals surface area (Å²) in [5, 5.41) is 0. The number of carbonyl (C=O) groups excluding carboxylic acids is 2. The highest BCUT2D eigenvalue weighted by Crippen LogP contribution is 2.32. The number of amides is 2. The zero-order valence-corrected chi connectivity index (χ0v) is 22.5. The average molecular weight is 515 g/mol. The highest BCUT2D eigenvalue weighted by Gasteiger charge is 2.32. The summed E-state index contributed by atoms with van der Waals surface area (Å²) in [5.41, 5.74) is 3.29. The zero-order valence-electron chi connectivity index (χ0n) is 22.5. The molecule has 0 spiro atoms. The third-order valence-corrected chi connectivity index (χ3v) is 7.94. The number of nitrogens with zero attached hydrogens (tertiary/aromatic N) is 4. The normalized spacial score (nSPS) is 17.3. The van der Waals surface area contributed by atoms with E-state index in [2.05, 4.69) is 28.1 Å². The summed E-state index contributed by atoms with van der Waals surface area (Å²) in [4.78, 5) is 37.1. The van der Waals surface area contributed by atoms with Crippen molar-refractivity contribution < 1.29 is 14.0 Å². The summed E-state index contributed by atoms with van der Waals surface area (Å²) in [7, 11) is 0. The Labute approximate surface area is 225 Å². The Morgan fingerprint density at radius 2 is 1.66 bits per heavy atom. The molecule has 38 heavy (non-hydrogen) atoms. The van der Waals surface area contributed by atoms with Crippen molar-refractivity contribution in [2.75, 3.05) is 22.9 Å². The molecule has 0 radical (unpaired) electrons. The zero-order chi connectivity index (χ0) is 26.5. The smallest absolute Gasteiger partial charge is 0.295 e. The van der Waals surface area contributed by atoms with Crippen LogP contribution < -0.4 is 9.80 Å². The summed E-state index contributed by atoms with van der Waals surface area (Å²) in [6, 6.07) is 16.0. The first-order valence-corrected chi connectivity index (χ1v) is 13.9. The number of para-hydroxylation sites is 1. The molecule has 0 unspecified atom stereocenters. The van der Waals surface area contributed by atoms with Gasteiger partial charge in [0.15, 0.2) is 5.76 Å². The van der Waals surface area contributed by atoms with Crippen molar-refractivity contribution >= 4 is 23.3 Å². The second-order valence-corrected chi connectivity index (χ2v) is 10.7. The fourth-order valence-electron chi connectivity index (χ4n) is 6.00. The van der Waals surface area contributed by atoms with Crippen LogP contribution in [0, 0.1) is 6.92 Å². The van der Waals surface area contributed by atoms with Gasteiger partial charge in [-0.2, -0.15) is 0 Å². The van der Waals surface area contributed by atoms with E-state index in [0.29, 0.717) is 11.6 Å². The highest BCUT2D eigenvalue weighted by atomic mass is 16.3. The number of aromatic nitrogens is 1. The average Bonchev–Trinajstić information content (AvgIpc) is 3.48. The molecule has 0 N–H and O–H groups in total. The fraction of sp³-hybridized carbons (Fsp3) is 0.452. The topological polar surface area (TPSA) is 69.9 Å². The molecule has 2 aromatic heterocycles. The lowest BCUT2D eigenvalue weighted by molar-refractivity contribution is -0.117. The number of carbonyl (C=O) groups is 2. The van der Waals surface area contributed by atoms with E-state index in [1.807, 2.05) is 34.9 Å². The van der Waals surface area contributed by atoms with Crippen LogP contribution in [0.15, 0.2) is 65.4 Å². The van der Waals surface area contributed by atoms with Crippen LogP contribution >= 0.6 is 0 Å². The Hall–Kier alpha value is -3.45. The van der Waals surface area contributed by atoms with Gasteiger partial charge in [0.1, 0.15) is 5.82 Å². The molecular weight excluding hydrogens is 476 g/mol. The standard InChI is InChI=1S/C31H38N4O3/c1-23-14-15-30(32-21-23)35(31(37)29-13-8-20-38-29)27-16-18-33(19-17-27)22-25-9-6-7-12-28(25)34(24(2)36)26-10-4-3-5-11-26/h6-9,12-15,20-21,26-27H,3-5,10-11,16-19,22H2,1-2H3. The van der Waals surface area contributed by atoms with Gasteiger partial charge in [0.2, 0.25) is 5.91 Å². The van der Waals surface area contributed by atoms with Crippen molar-refractivity contribution in [2.24, 2.45) is 0 Å². The third kappa shape index (κ3) is 5.83. The quantitative estimate of drug-likeness (QED) is 0.388. The van der Waals surface area contributed by atoms with Crippen molar-refractivity contribution in [1.82, 2.24) is 9.88 Å². The molecule has 1 aliphatic heterocycles. The van der Waals surface area contributed by atoms with Gasteiger partial charge < -0.3 is 9.32 Å². The lowest BCUT2D eigenvalue weighted by atomic mass is 9.93. The summed E-state index contributed by atoms with van der Waals surface area (Å²) in [6.45, 7) is 6.19. The Morgan fingerprint density at radius 3 is 2.32 bits per heavy atom. The molecule has 3 heterocycles. The van der Waals surface area contributed by atoms with Crippen LogP contribution in [-0.4, -0.2) is 46.9 Å². The van der Waals surface area contributed by atoms with Crippen LogP contribution in [0.3, 0.4) is 0 Å². The minimum Gasteiger partial charge on any atom is -0.459 e. The van der Waals surface area contributed by atoms with Gasteiger partial charge in [-0.05, 0) is 68.0 Å². The number of rotatable bonds is 7. The number of aryl methyl sites for hydroxylation is 1. The SMILES string of the molecule is CC(=O)N(c1ccccc1CN1CCC(N(C(=O)c2ccco2)c2ccc(C)cn2)CC1)C1CCCCC1. The molecule has 7 nitrogen and oxygen atoms in total. The molecule has 1 aliphatic carbocycles. The van der Waals surface area contributed by atoms with Crippen LogP contribution in [0.2, 0.25) is 0 Å². The number of benzene rings is 1. The molecule has 2 amide bonds. The van der Waals surface area contributed by atoms with Crippen molar-refractivity contribution in [3.63, 3.8) is 0 Å². The molecule has 1 saturated heterocycles. The van der Waals surface area contributed by atoms with E-state index in [0.717, 1.165) is 56.6 Å². The van der Waals surface area contributed by atoms with Crippen molar-refractivity contribution in [3.05, 3.63) is 77.9 Å². The molecule has 3 aromatic rings. The summed E-state index contributed by atoms with van der Waals surface area (Å²) in [6.07, 6.45) is 10.8. The van der Waals surface area contributed by atoms with Crippen LogP contribution in [0.1, 0.15) is 73.6 Å². The molecule has 0 atom stereocenters. The Kier molecular flexibility index (Phi) is 8.23. The summed E-state index contributed by atoms with van der Waals surface area (Å²) >= 11 is 0. The van der Waals surface area contributed by atoms with E-state index in [4.69, 9.17) is 4.42 Å². The van der Waals surface area contributed by atoms with E-state index >= 15 is 0 Å². The van der Waals surface area contributed by atoms with Gasteiger partial charge >= 0.3 is 0 Å². The minimum absolute atomic E-state index is 0.0326. The van der Waals surface area contributed by atoms with Gasteiger partial charge in [-0.15, -0.1) is 0 Å². The molecule has 2 aliphatic rings. The molecule has 1 aromatic carbocycles. The maximum Gasteiger partial charge on any atom is 0.295 e. The summed E-state index contributed by atoms with van der Waals surface area (Å²) < 4.78 is 5.46. The third-order valence-electron chi connectivity index (χ3n) is 7.94. The predicted molar refractivity (Wildman–Crippen MR) is 149 cm³/mol. The molecule has 5 rings (SSSR count). The second-order valence-electron chi connectivity index (χ2n) is 10.7. The Bertz CT molecular complexity index is 1210. The van der Waals surface area contributed by atoms with Crippen LogP contribution in [0.25, 0.3) is 0 Å². The molecule has 7 heteroatoms. The lowest BCUT2D eigenvalue weighted by Crippen LogP contribution is -2.48. The van der Waals surface area contributed by atoms with Crippen molar-refractivity contribution in [1.29, 1.82) is 0 Å². The van der Waals surface area contributed by atoms with E-state index < -0.39 is 0 Å². The molecular formula is C31H38N4O3. The monoisotopic (exact) mass is 514 g/mol.